The van der Waals surface area contributed by atoms with Crippen LogP contribution in [0.3, 0.4) is 0 Å². The molecule has 0 unspecified atom stereocenters. The molecular formula is C24H28N4O. The Balaban J connectivity index is 1.79. The summed E-state index contributed by atoms with van der Waals surface area (Å²) >= 11 is 0. The minimum atomic E-state index is -0.366. The number of aryl methyl sites for hydroxylation is 5. The zero-order valence-electron chi connectivity index (χ0n) is 17.9. The Morgan fingerprint density at radius 2 is 1.59 bits per heavy atom. The highest BCUT2D eigenvalue weighted by molar-refractivity contribution is 5.91. The third-order valence-electron chi connectivity index (χ3n) is 5.09. The maximum absolute atomic E-state index is 12.1. The van der Waals surface area contributed by atoms with Crippen LogP contribution in [0.5, 0.6) is 0 Å². The number of rotatable bonds is 4. The van der Waals surface area contributed by atoms with Crippen LogP contribution in [-0.4, -0.2) is 16.8 Å². The van der Waals surface area contributed by atoms with Gasteiger partial charge in [0.05, 0.1) is 11.9 Å². The van der Waals surface area contributed by atoms with Gasteiger partial charge in [-0.25, -0.2) is 10.2 Å². The number of aromatic nitrogens is 1. The molecule has 29 heavy (non-hydrogen) atoms. The first-order chi connectivity index (χ1) is 13.8. The van der Waals surface area contributed by atoms with E-state index in [-0.39, 0.29) is 6.03 Å². The first-order valence-electron chi connectivity index (χ1n) is 9.70. The molecule has 0 radical (unpaired) electrons. The first kappa shape index (κ1) is 20.4. The van der Waals surface area contributed by atoms with Crippen molar-refractivity contribution in [1.82, 2.24) is 9.99 Å². The SMILES string of the molecule is Cc1cc(C)c(-n2c(C)cc(C=NNC(=O)Nc3ccccc3C)c2C)c(C)c1. The molecule has 0 atom stereocenters. The third-order valence-corrected chi connectivity index (χ3v) is 5.09. The number of hydrazone groups is 1. The number of nitrogens with one attached hydrogen (secondary N) is 2. The lowest BCUT2D eigenvalue weighted by Crippen LogP contribution is -2.24. The number of anilines is 1. The normalized spacial score (nSPS) is 11.1. The fourth-order valence-corrected chi connectivity index (χ4v) is 3.81. The highest BCUT2D eigenvalue weighted by atomic mass is 16.2. The van der Waals surface area contributed by atoms with Gasteiger partial charge in [-0.2, -0.15) is 5.10 Å². The van der Waals surface area contributed by atoms with E-state index in [0.29, 0.717) is 0 Å². The van der Waals surface area contributed by atoms with Crippen LogP contribution < -0.4 is 10.7 Å². The molecule has 1 aromatic heterocycles. The Labute approximate surface area is 172 Å². The summed E-state index contributed by atoms with van der Waals surface area (Å²) in [5.41, 5.74) is 12.4. The molecule has 0 saturated heterocycles. The maximum Gasteiger partial charge on any atom is 0.339 e. The molecule has 2 N–H and O–H groups in total. The molecule has 2 amide bonds. The second-order valence-electron chi connectivity index (χ2n) is 7.55. The number of hydrogen-bond acceptors (Lipinski definition) is 2. The van der Waals surface area contributed by atoms with Crippen LogP contribution in [0.15, 0.2) is 47.6 Å². The van der Waals surface area contributed by atoms with Gasteiger partial charge in [0.2, 0.25) is 0 Å². The predicted molar refractivity (Wildman–Crippen MR) is 120 cm³/mol. The molecular weight excluding hydrogens is 360 g/mol. The maximum atomic E-state index is 12.1. The molecule has 0 aliphatic rings. The standard InChI is InChI=1S/C24H28N4O/c1-15-11-17(3)23(18(4)12-15)28-19(5)13-21(20(28)6)14-25-27-24(29)26-22-10-8-7-9-16(22)2/h7-14H,1-6H3,(H2,26,27,29). The summed E-state index contributed by atoms with van der Waals surface area (Å²) in [6, 6.07) is 13.7. The van der Waals surface area contributed by atoms with Crippen LogP contribution in [-0.2, 0) is 0 Å². The van der Waals surface area contributed by atoms with Crippen molar-refractivity contribution in [3.05, 3.63) is 81.7 Å². The summed E-state index contributed by atoms with van der Waals surface area (Å²) < 4.78 is 2.25. The van der Waals surface area contributed by atoms with E-state index in [9.17, 15) is 4.79 Å². The van der Waals surface area contributed by atoms with Gasteiger partial charge in [-0.1, -0.05) is 35.9 Å². The largest absolute Gasteiger partial charge is 0.339 e. The van der Waals surface area contributed by atoms with Crippen LogP contribution in [0.1, 0.15) is 39.2 Å². The van der Waals surface area contributed by atoms with E-state index < -0.39 is 0 Å². The predicted octanol–water partition coefficient (Wildman–Crippen LogP) is 5.48. The second-order valence-corrected chi connectivity index (χ2v) is 7.55. The Bertz CT molecular complexity index is 1070. The quantitative estimate of drug-likeness (QED) is 0.451. The van der Waals surface area contributed by atoms with E-state index in [4.69, 9.17) is 0 Å². The molecule has 150 valence electrons. The molecule has 1 heterocycles. The number of carbonyl (C=O) groups excluding carboxylic acids is 1. The molecule has 0 fully saturated rings. The summed E-state index contributed by atoms with van der Waals surface area (Å²) in [5, 5.41) is 6.94. The molecule has 3 rings (SSSR count). The van der Waals surface area contributed by atoms with Gasteiger partial charge in [0, 0.05) is 22.6 Å². The van der Waals surface area contributed by atoms with E-state index in [1.807, 2.05) is 31.2 Å². The Morgan fingerprint density at radius 1 is 0.931 bits per heavy atom. The lowest BCUT2D eigenvalue weighted by atomic mass is 10.0. The Kier molecular flexibility index (Phi) is 5.87. The van der Waals surface area contributed by atoms with Crippen LogP contribution in [0.25, 0.3) is 5.69 Å². The average Bonchev–Trinajstić information content (AvgIpc) is 2.91. The first-order valence-corrected chi connectivity index (χ1v) is 9.70. The molecule has 0 spiro atoms. The van der Waals surface area contributed by atoms with Crippen molar-refractivity contribution in [3.8, 4) is 5.69 Å². The molecule has 0 aliphatic heterocycles. The number of urea groups is 1. The number of amides is 2. The number of benzene rings is 2. The van der Waals surface area contributed by atoms with Gasteiger partial charge in [-0.15, -0.1) is 0 Å². The summed E-state index contributed by atoms with van der Waals surface area (Å²) in [6.45, 7) is 12.5. The highest BCUT2D eigenvalue weighted by Crippen LogP contribution is 2.26. The average molecular weight is 389 g/mol. The van der Waals surface area contributed by atoms with Gasteiger partial charge in [0.1, 0.15) is 0 Å². The van der Waals surface area contributed by atoms with Crippen molar-refractivity contribution in [2.24, 2.45) is 5.10 Å². The van der Waals surface area contributed by atoms with Crippen molar-refractivity contribution >= 4 is 17.9 Å². The van der Waals surface area contributed by atoms with E-state index >= 15 is 0 Å². The van der Waals surface area contributed by atoms with Crippen LogP contribution >= 0.6 is 0 Å². The fourth-order valence-electron chi connectivity index (χ4n) is 3.81. The molecule has 0 bridgehead atoms. The smallest absolute Gasteiger partial charge is 0.317 e. The Morgan fingerprint density at radius 3 is 2.24 bits per heavy atom. The summed E-state index contributed by atoms with van der Waals surface area (Å²) in [7, 11) is 0. The lowest BCUT2D eigenvalue weighted by molar-refractivity contribution is 0.252. The molecule has 0 aliphatic carbocycles. The topological polar surface area (TPSA) is 58.4 Å². The number of para-hydroxylation sites is 1. The van der Waals surface area contributed by atoms with Gasteiger partial charge in [-0.05, 0) is 70.4 Å². The molecule has 5 heteroatoms. The van der Waals surface area contributed by atoms with E-state index in [2.05, 4.69) is 73.2 Å². The van der Waals surface area contributed by atoms with Crippen LogP contribution in [0.4, 0.5) is 10.5 Å². The number of carbonyl (C=O) groups is 1. The lowest BCUT2D eigenvalue weighted by Gasteiger charge is -2.16. The molecule has 5 nitrogen and oxygen atoms in total. The van der Waals surface area contributed by atoms with Gasteiger partial charge in [0.25, 0.3) is 0 Å². The van der Waals surface area contributed by atoms with E-state index in [1.54, 1.807) is 6.21 Å². The monoisotopic (exact) mass is 388 g/mol. The van der Waals surface area contributed by atoms with Crippen molar-refractivity contribution in [2.75, 3.05) is 5.32 Å². The molecule has 0 saturated carbocycles. The van der Waals surface area contributed by atoms with Crippen LogP contribution in [0.2, 0.25) is 0 Å². The van der Waals surface area contributed by atoms with E-state index in [0.717, 1.165) is 28.2 Å². The molecule has 2 aromatic carbocycles. The number of hydrogen-bond donors (Lipinski definition) is 2. The second kappa shape index (κ2) is 8.35. The fraction of sp³-hybridized carbons (Fsp3) is 0.250. The highest BCUT2D eigenvalue weighted by Gasteiger charge is 2.14. The zero-order valence-corrected chi connectivity index (χ0v) is 17.9. The molecule has 3 aromatic rings. The Hall–Kier alpha value is -3.34. The van der Waals surface area contributed by atoms with E-state index in [1.165, 1.54) is 22.4 Å². The van der Waals surface area contributed by atoms with Gasteiger partial charge >= 0.3 is 6.03 Å². The van der Waals surface area contributed by atoms with Gasteiger partial charge in [-0.3, -0.25) is 0 Å². The minimum Gasteiger partial charge on any atom is -0.317 e. The summed E-state index contributed by atoms with van der Waals surface area (Å²) in [4.78, 5) is 12.1. The number of nitrogens with zero attached hydrogens (tertiary/aromatic N) is 2. The third kappa shape index (κ3) is 4.40. The van der Waals surface area contributed by atoms with Gasteiger partial charge < -0.3 is 9.88 Å². The van der Waals surface area contributed by atoms with Crippen molar-refractivity contribution in [3.63, 3.8) is 0 Å². The summed E-state index contributed by atoms with van der Waals surface area (Å²) in [5.74, 6) is 0. The summed E-state index contributed by atoms with van der Waals surface area (Å²) in [6.07, 6.45) is 1.69. The van der Waals surface area contributed by atoms with Crippen molar-refractivity contribution in [2.45, 2.75) is 41.5 Å². The zero-order chi connectivity index (χ0) is 21.1. The van der Waals surface area contributed by atoms with Gasteiger partial charge in [0.15, 0.2) is 0 Å². The minimum absolute atomic E-state index is 0.366. The van der Waals surface area contributed by atoms with Crippen LogP contribution in [0, 0.1) is 41.5 Å². The van der Waals surface area contributed by atoms with Crippen molar-refractivity contribution < 1.29 is 4.79 Å². The van der Waals surface area contributed by atoms with Crippen molar-refractivity contribution in [1.29, 1.82) is 0 Å².